The number of methoxy groups -OCH3 is 1. The summed E-state index contributed by atoms with van der Waals surface area (Å²) in [5.74, 6) is 2.08. The van der Waals surface area contributed by atoms with Crippen LogP contribution in [-0.2, 0) is 4.79 Å². The van der Waals surface area contributed by atoms with E-state index in [0.717, 1.165) is 25.1 Å². The minimum Gasteiger partial charge on any atom is -0.497 e. The standard InChI is InChI=1S/C21H25NO2/c1-3-7-21(23)22-14-16-12-19(16)20-13-17(24-2)10-11-18(20)15-8-5-4-6-9-15/h4-6,8-11,13,16,19H,3,7,12,14H2,1-2H3,(H,22,23)/t16-,19+/m0/s1. The van der Waals surface area contributed by atoms with Gasteiger partial charge in [0, 0.05) is 13.0 Å². The lowest BCUT2D eigenvalue weighted by Gasteiger charge is -2.12. The summed E-state index contributed by atoms with van der Waals surface area (Å²) < 4.78 is 5.42. The molecule has 1 N–H and O–H groups in total. The first-order valence-corrected chi connectivity index (χ1v) is 8.73. The van der Waals surface area contributed by atoms with Gasteiger partial charge in [0.05, 0.1) is 7.11 Å². The van der Waals surface area contributed by atoms with Gasteiger partial charge in [0.1, 0.15) is 5.75 Å². The molecule has 1 aliphatic rings. The predicted molar refractivity (Wildman–Crippen MR) is 97.2 cm³/mol. The zero-order valence-electron chi connectivity index (χ0n) is 14.4. The molecule has 1 aliphatic carbocycles. The minimum absolute atomic E-state index is 0.164. The summed E-state index contributed by atoms with van der Waals surface area (Å²) in [6, 6.07) is 16.8. The van der Waals surface area contributed by atoms with Crippen molar-refractivity contribution in [1.82, 2.24) is 5.32 Å². The van der Waals surface area contributed by atoms with Crippen molar-refractivity contribution in [3.05, 3.63) is 54.1 Å². The second kappa shape index (κ2) is 7.52. The molecule has 0 heterocycles. The summed E-state index contributed by atoms with van der Waals surface area (Å²) in [6.07, 6.45) is 2.64. The number of hydrogen-bond acceptors (Lipinski definition) is 2. The largest absolute Gasteiger partial charge is 0.497 e. The van der Waals surface area contributed by atoms with Crippen molar-refractivity contribution in [2.24, 2.45) is 5.92 Å². The Bertz CT molecular complexity index is 696. The van der Waals surface area contributed by atoms with Crippen LogP contribution in [0.3, 0.4) is 0 Å². The zero-order valence-corrected chi connectivity index (χ0v) is 14.4. The van der Waals surface area contributed by atoms with Crippen LogP contribution in [0.2, 0.25) is 0 Å². The van der Waals surface area contributed by atoms with E-state index in [9.17, 15) is 4.79 Å². The van der Waals surface area contributed by atoms with E-state index in [1.165, 1.54) is 16.7 Å². The van der Waals surface area contributed by atoms with Crippen molar-refractivity contribution in [1.29, 1.82) is 0 Å². The molecule has 0 spiro atoms. The second-order valence-electron chi connectivity index (χ2n) is 6.48. The van der Waals surface area contributed by atoms with Gasteiger partial charge >= 0.3 is 0 Å². The number of hydrogen-bond donors (Lipinski definition) is 1. The molecule has 1 amide bonds. The number of nitrogens with one attached hydrogen (secondary N) is 1. The van der Waals surface area contributed by atoms with Crippen LogP contribution in [0.5, 0.6) is 5.75 Å². The lowest BCUT2D eigenvalue weighted by molar-refractivity contribution is -0.121. The number of rotatable bonds is 7. The summed E-state index contributed by atoms with van der Waals surface area (Å²) in [5.41, 5.74) is 3.83. The van der Waals surface area contributed by atoms with Crippen molar-refractivity contribution >= 4 is 5.91 Å². The lowest BCUT2D eigenvalue weighted by atomic mass is 9.95. The molecular formula is C21H25NO2. The first-order valence-electron chi connectivity index (χ1n) is 8.73. The maximum absolute atomic E-state index is 11.7. The van der Waals surface area contributed by atoms with Gasteiger partial charge in [0.15, 0.2) is 0 Å². The molecule has 1 saturated carbocycles. The molecule has 0 unspecified atom stereocenters. The van der Waals surface area contributed by atoms with Gasteiger partial charge in [0.2, 0.25) is 5.91 Å². The molecule has 3 heteroatoms. The Hall–Kier alpha value is -2.29. The fourth-order valence-corrected chi connectivity index (χ4v) is 3.27. The highest BCUT2D eigenvalue weighted by atomic mass is 16.5. The number of benzene rings is 2. The number of amides is 1. The Labute approximate surface area is 144 Å². The van der Waals surface area contributed by atoms with Gasteiger partial charge in [-0.15, -0.1) is 0 Å². The third-order valence-electron chi connectivity index (χ3n) is 4.70. The van der Waals surface area contributed by atoms with Crippen LogP contribution < -0.4 is 10.1 Å². The van der Waals surface area contributed by atoms with Crippen LogP contribution in [0.25, 0.3) is 11.1 Å². The quantitative estimate of drug-likeness (QED) is 0.821. The number of carbonyl (C=O) groups is 1. The predicted octanol–water partition coefficient (Wildman–Crippen LogP) is 4.38. The Kier molecular flexibility index (Phi) is 5.19. The van der Waals surface area contributed by atoms with Crippen molar-refractivity contribution in [3.8, 4) is 16.9 Å². The van der Waals surface area contributed by atoms with Crippen molar-refractivity contribution in [2.45, 2.75) is 32.1 Å². The average Bonchev–Trinajstić information content (AvgIpc) is 3.40. The Balaban J connectivity index is 1.76. The molecule has 0 bridgehead atoms. The maximum atomic E-state index is 11.7. The fourth-order valence-electron chi connectivity index (χ4n) is 3.27. The van der Waals surface area contributed by atoms with Crippen LogP contribution in [-0.4, -0.2) is 19.6 Å². The molecule has 126 valence electrons. The van der Waals surface area contributed by atoms with E-state index in [1.807, 2.05) is 19.1 Å². The van der Waals surface area contributed by atoms with Crippen LogP contribution in [0.4, 0.5) is 0 Å². The minimum atomic E-state index is 0.164. The van der Waals surface area contributed by atoms with Gasteiger partial charge in [-0.1, -0.05) is 43.3 Å². The van der Waals surface area contributed by atoms with Crippen LogP contribution >= 0.6 is 0 Å². The van der Waals surface area contributed by atoms with Crippen LogP contribution in [0.1, 0.15) is 37.7 Å². The molecule has 0 saturated heterocycles. The van der Waals surface area contributed by atoms with E-state index in [2.05, 4.69) is 41.7 Å². The normalized spacial score (nSPS) is 18.9. The Morgan fingerprint density at radius 1 is 1.21 bits per heavy atom. The van der Waals surface area contributed by atoms with Crippen molar-refractivity contribution in [3.63, 3.8) is 0 Å². The number of ether oxygens (including phenoxy) is 1. The van der Waals surface area contributed by atoms with Crippen molar-refractivity contribution in [2.75, 3.05) is 13.7 Å². The summed E-state index contributed by atoms with van der Waals surface area (Å²) in [5, 5.41) is 3.06. The fraction of sp³-hybridized carbons (Fsp3) is 0.381. The summed E-state index contributed by atoms with van der Waals surface area (Å²) in [7, 11) is 1.71. The topological polar surface area (TPSA) is 38.3 Å². The third-order valence-corrected chi connectivity index (χ3v) is 4.70. The Morgan fingerprint density at radius 3 is 2.71 bits per heavy atom. The summed E-state index contributed by atoms with van der Waals surface area (Å²) in [4.78, 5) is 11.7. The second-order valence-corrected chi connectivity index (χ2v) is 6.48. The van der Waals surface area contributed by atoms with Crippen LogP contribution in [0.15, 0.2) is 48.5 Å². The molecular weight excluding hydrogens is 298 g/mol. The molecule has 2 atom stereocenters. The number of carbonyl (C=O) groups excluding carboxylic acids is 1. The average molecular weight is 323 g/mol. The molecule has 3 nitrogen and oxygen atoms in total. The van der Waals surface area contributed by atoms with Gasteiger partial charge in [-0.3, -0.25) is 4.79 Å². The van der Waals surface area contributed by atoms with Gasteiger partial charge in [0.25, 0.3) is 0 Å². The molecule has 2 aromatic rings. The molecule has 0 radical (unpaired) electrons. The van der Waals surface area contributed by atoms with Crippen molar-refractivity contribution < 1.29 is 9.53 Å². The van der Waals surface area contributed by atoms with E-state index in [-0.39, 0.29) is 5.91 Å². The van der Waals surface area contributed by atoms with E-state index in [0.29, 0.717) is 18.3 Å². The summed E-state index contributed by atoms with van der Waals surface area (Å²) >= 11 is 0. The molecule has 2 aromatic carbocycles. The maximum Gasteiger partial charge on any atom is 0.219 e. The highest BCUT2D eigenvalue weighted by Gasteiger charge is 2.39. The highest BCUT2D eigenvalue weighted by Crippen LogP contribution is 2.50. The van der Waals surface area contributed by atoms with E-state index >= 15 is 0 Å². The first-order chi connectivity index (χ1) is 11.7. The van der Waals surface area contributed by atoms with Gasteiger partial charge in [-0.2, -0.15) is 0 Å². The van der Waals surface area contributed by atoms with Gasteiger partial charge < -0.3 is 10.1 Å². The highest BCUT2D eigenvalue weighted by molar-refractivity contribution is 5.76. The third kappa shape index (κ3) is 3.78. The van der Waals surface area contributed by atoms with Crippen LogP contribution in [0, 0.1) is 5.92 Å². The first kappa shape index (κ1) is 16.6. The monoisotopic (exact) mass is 323 g/mol. The van der Waals surface area contributed by atoms with E-state index in [1.54, 1.807) is 7.11 Å². The SMILES string of the molecule is CCCC(=O)NC[C@@H]1C[C@H]1c1cc(OC)ccc1-c1ccccc1. The molecule has 0 aromatic heterocycles. The molecule has 0 aliphatic heterocycles. The molecule has 1 fully saturated rings. The van der Waals surface area contributed by atoms with E-state index < -0.39 is 0 Å². The molecule has 3 rings (SSSR count). The zero-order chi connectivity index (χ0) is 16.9. The van der Waals surface area contributed by atoms with E-state index in [4.69, 9.17) is 4.74 Å². The summed E-state index contributed by atoms with van der Waals surface area (Å²) in [6.45, 7) is 2.80. The smallest absolute Gasteiger partial charge is 0.219 e. The van der Waals surface area contributed by atoms with Gasteiger partial charge in [-0.05, 0) is 53.5 Å². The lowest BCUT2D eigenvalue weighted by Crippen LogP contribution is -2.25. The Morgan fingerprint density at radius 2 is 2.00 bits per heavy atom. The molecule has 24 heavy (non-hydrogen) atoms. The van der Waals surface area contributed by atoms with Gasteiger partial charge in [-0.25, -0.2) is 0 Å².